The van der Waals surface area contributed by atoms with Crippen LogP contribution in [-0.2, 0) is 9.53 Å². The van der Waals surface area contributed by atoms with Crippen LogP contribution in [0, 0.1) is 6.92 Å². The number of aryl methyl sites for hydroxylation is 1. The number of carbonyl (C=O) groups is 2. The first-order valence-electron chi connectivity index (χ1n) is 5.93. The van der Waals surface area contributed by atoms with E-state index in [1.54, 1.807) is 6.07 Å². The topological polar surface area (TPSA) is 58.6 Å². The summed E-state index contributed by atoms with van der Waals surface area (Å²) in [4.78, 5) is 24.4. The molecule has 0 spiro atoms. The van der Waals surface area contributed by atoms with Crippen molar-refractivity contribution < 1.29 is 14.3 Å². The van der Waals surface area contributed by atoms with Crippen LogP contribution < -0.4 is 5.32 Å². The molecule has 0 unspecified atom stereocenters. The molecule has 2 rings (SSSR count). The van der Waals surface area contributed by atoms with Crippen LogP contribution in [0.4, 0.5) is 10.5 Å². The molecule has 0 saturated carbocycles. The van der Waals surface area contributed by atoms with E-state index in [9.17, 15) is 9.59 Å². The van der Waals surface area contributed by atoms with Crippen molar-refractivity contribution in [3.8, 4) is 0 Å². The molecule has 1 aliphatic heterocycles. The second kappa shape index (κ2) is 5.53. The highest BCUT2D eigenvalue weighted by Gasteiger charge is 2.20. The zero-order valence-corrected chi connectivity index (χ0v) is 10.3. The Hall–Kier alpha value is -2.04. The van der Waals surface area contributed by atoms with Gasteiger partial charge in [0.25, 0.3) is 0 Å². The van der Waals surface area contributed by atoms with Crippen LogP contribution in [0.1, 0.15) is 18.4 Å². The third-order valence-electron chi connectivity index (χ3n) is 2.79. The molecule has 0 aliphatic carbocycles. The minimum absolute atomic E-state index is 0.0243. The van der Waals surface area contributed by atoms with E-state index in [1.807, 2.05) is 25.1 Å². The molecule has 1 saturated heterocycles. The molecular formula is C13H16N2O3. The highest BCUT2D eigenvalue weighted by atomic mass is 16.6. The smallest absolute Gasteiger partial charge is 0.413 e. The van der Waals surface area contributed by atoms with Crippen molar-refractivity contribution in [3.63, 3.8) is 0 Å². The molecule has 0 bridgehead atoms. The minimum Gasteiger partial charge on any atom is -0.428 e. The fourth-order valence-electron chi connectivity index (χ4n) is 1.85. The van der Waals surface area contributed by atoms with E-state index in [2.05, 4.69) is 5.32 Å². The summed E-state index contributed by atoms with van der Waals surface area (Å²) < 4.78 is 5.00. The number of ether oxygens (including phenoxy) is 1. The Morgan fingerprint density at radius 1 is 1.50 bits per heavy atom. The number of benzene rings is 1. The van der Waals surface area contributed by atoms with E-state index in [4.69, 9.17) is 4.74 Å². The van der Waals surface area contributed by atoms with Crippen molar-refractivity contribution in [2.75, 3.05) is 18.6 Å². The van der Waals surface area contributed by atoms with E-state index in [-0.39, 0.29) is 12.6 Å². The Bertz CT molecular complexity index is 459. The first-order chi connectivity index (χ1) is 8.65. The van der Waals surface area contributed by atoms with Crippen molar-refractivity contribution in [3.05, 3.63) is 29.8 Å². The van der Waals surface area contributed by atoms with E-state index in [0.29, 0.717) is 18.7 Å². The second-order valence-electron chi connectivity index (χ2n) is 4.32. The lowest BCUT2D eigenvalue weighted by molar-refractivity contribution is -0.130. The summed E-state index contributed by atoms with van der Waals surface area (Å²) in [7, 11) is 0. The summed E-state index contributed by atoms with van der Waals surface area (Å²) in [5, 5.41) is 2.62. The normalized spacial score (nSPS) is 14.7. The highest BCUT2D eigenvalue weighted by molar-refractivity contribution is 5.85. The summed E-state index contributed by atoms with van der Waals surface area (Å²) in [5.74, 6) is 0.0401. The van der Waals surface area contributed by atoms with Crippen LogP contribution in [-0.4, -0.2) is 30.2 Å². The van der Waals surface area contributed by atoms with E-state index >= 15 is 0 Å². The molecule has 2 amide bonds. The number of rotatable bonds is 3. The van der Waals surface area contributed by atoms with Gasteiger partial charge in [-0.2, -0.15) is 0 Å². The summed E-state index contributed by atoms with van der Waals surface area (Å²) in [6, 6.07) is 7.44. The monoisotopic (exact) mass is 248 g/mol. The molecule has 96 valence electrons. The van der Waals surface area contributed by atoms with Crippen molar-refractivity contribution in [2.24, 2.45) is 0 Å². The molecule has 1 heterocycles. The molecule has 1 aliphatic rings. The molecule has 1 N–H and O–H groups in total. The standard InChI is InChI=1S/C13H16N2O3/c1-10-4-2-5-11(8-10)14-13(17)18-9-15-7-3-6-12(15)16/h2,4-5,8H,3,6-7,9H2,1H3,(H,14,17). The fourth-order valence-corrected chi connectivity index (χ4v) is 1.85. The minimum atomic E-state index is -0.541. The largest absolute Gasteiger partial charge is 0.428 e. The first-order valence-corrected chi connectivity index (χ1v) is 5.93. The molecule has 0 radical (unpaired) electrons. The van der Waals surface area contributed by atoms with E-state index in [0.717, 1.165) is 12.0 Å². The molecule has 5 heteroatoms. The van der Waals surface area contributed by atoms with Gasteiger partial charge < -0.3 is 9.64 Å². The Balaban J connectivity index is 1.80. The number of likely N-dealkylation sites (tertiary alicyclic amines) is 1. The zero-order valence-electron chi connectivity index (χ0n) is 10.3. The quantitative estimate of drug-likeness (QED) is 0.891. The molecule has 1 aromatic carbocycles. The highest BCUT2D eigenvalue weighted by Crippen LogP contribution is 2.11. The lowest BCUT2D eigenvalue weighted by Gasteiger charge is -2.15. The van der Waals surface area contributed by atoms with E-state index in [1.165, 1.54) is 4.90 Å². The Morgan fingerprint density at radius 3 is 3.00 bits per heavy atom. The predicted molar refractivity (Wildman–Crippen MR) is 67.1 cm³/mol. The second-order valence-corrected chi connectivity index (χ2v) is 4.32. The number of nitrogens with zero attached hydrogens (tertiary/aromatic N) is 1. The molecule has 18 heavy (non-hydrogen) atoms. The van der Waals surface area contributed by atoms with Gasteiger partial charge in [0.1, 0.15) is 0 Å². The third kappa shape index (κ3) is 3.23. The molecule has 0 atom stereocenters. The lowest BCUT2D eigenvalue weighted by atomic mass is 10.2. The average molecular weight is 248 g/mol. The van der Waals surface area contributed by atoms with Gasteiger partial charge in [0.15, 0.2) is 6.73 Å². The number of amides is 2. The summed E-state index contributed by atoms with van der Waals surface area (Å²) >= 11 is 0. The van der Waals surface area contributed by atoms with Crippen molar-refractivity contribution in [2.45, 2.75) is 19.8 Å². The Kier molecular flexibility index (Phi) is 3.82. The van der Waals surface area contributed by atoms with Crippen LogP contribution in [0.25, 0.3) is 0 Å². The van der Waals surface area contributed by atoms with Gasteiger partial charge >= 0.3 is 6.09 Å². The molecular weight excluding hydrogens is 232 g/mol. The third-order valence-corrected chi connectivity index (χ3v) is 2.79. The van der Waals surface area contributed by atoms with Crippen molar-refractivity contribution in [1.29, 1.82) is 0 Å². The van der Waals surface area contributed by atoms with Crippen LogP contribution in [0.2, 0.25) is 0 Å². The fraction of sp³-hybridized carbons (Fsp3) is 0.385. The average Bonchev–Trinajstić information content (AvgIpc) is 2.72. The maximum Gasteiger partial charge on any atom is 0.413 e. The zero-order chi connectivity index (χ0) is 13.0. The summed E-state index contributed by atoms with van der Waals surface area (Å²) in [5.41, 5.74) is 1.75. The molecule has 0 aromatic heterocycles. The summed E-state index contributed by atoms with van der Waals surface area (Å²) in [6.45, 7) is 2.63. The van der Waals surface area contributed by atoms with Crippen molar-refractivity contribution in [1.82, 2.24) is 4.90 Å². The number of nitrogens with one attached hydrogen (secondary N) is 1. The van der Waals surface area contributed by atoms with Crippen LogP contribution >= 0.6 is 0 Å². The Morgan fingerprint density at radius 2 is 2.33 bits per heavy atom. The van der Waals surface area contributed by atoms with Crippen LogP contribution in [0.5, 0.6) is 0 Å². The molecule has 5 nitrogen and oxygen atoms in total. The van der Waals surface area contributed by atoms with Gasteiger partial charge in [0, 0.05) is 18.7 Å². The first kappa shape index (κ1) is 12.4. The number of anilines is 1. The van der Waals surface area contributed by atoms with Gasteiger partial charge in [-0.3, -0.25) is 10.1 Å². The van der Waals surface area contributed by atoms with Gasteiger partial charge in [0.2, 0.25) is 5.91 Å². The van der Waals surface area contributed by atoms with Gasteiger partial charge in [-0.25, -0.2) is 4.79 Å². The van der Waals surface area contributed by atoms with Crippen molar-refractivity contribution >= 4 is 17.7 Å². The number of hydrogen-bond acceptors (Lipinski definition) is 3. The SMILES string of the molecule is Cc1cccc(NC(=O)OCN2CCCC2=O)c1. The summed E-state index contributed by atoms with van der Waals surface area (Å²) in [6.07, 6.45) is 0.838. The predicted octanol–water partition coefficient (Wildman–Crippen LogP) is 2.12. The van der Waals surface area contributed by atoms with Gasteiger partial charge in [-0.05, 0) is 31.0 Å². The van der Waals surface area contributed by atoms with Gasteiger partial charge in [-0.15, -0.1) is 0 Å². The maximum atomic E-state index is 11.5. The molecule has 1 fully saturated rings. The van der Waals surface area contributed by atoms with Crippen LogP contribution in [0.3, 0.4) is 0 Å². The Labute approximate surface area is 106 Å². The van der Waals surface area contributed by atoms with Crippen LogP contribution in [0.15, 0.2) is 24.3 Å². The van der Waals surface area contributed by atoms with E-state index < -0.39 is 6.09 Å². The number of hydrogen-bond donors (Lipinski definition) is 1. The number of carbonyl (C=O) groups excluding carboxylic acids is 2. The molecule has 1 aromatic rings. The van der Waals surface area contributed by atoms with Gasteiger partial charge in [0.05, 0.1) is 0 Å². The lowest BCUT2D eigenvalue weighted by Crippen LogP contribution is -2.30. The maximum absolute atomic E-state index is 11.5. The van der Waals surface area contributed by atoms with Gasteiger partial charge in [-0.1, -0.05) is 12.1 Å².